The van der Waals surface area contributed by atoms with Crippen LogP contribution in [0.15, 0.2) is 24.3 Å². The number of methoxy groups -OCH3 is 1. The summed E-state index contributed by atoms with van der Waals surface area (Å²) in [6.45, 7) is 4.51. The molecule has 1 heterocycles. The highest BCUT2D eigenvalue weighted by Crippen LogP contribution is 2.13. The summed E-state index contributed by atoms with van der Waals surface area (Å²) in [7, 11) is 1.72. The van der Waals surface area contributed by atoms with Crippen LogP contribution in [0.2, 0.25) is 0 Å². The highest BCUT2D eigenvalue weighted by molar-refractivity contribution is 5.28. The molecule has 3 nitrogen and oxygen atoms in total. The number of nitrogens with one attached hydrogen (secondary N) is 2. The van der Waals surface area contributed by atoms with Gasteiger partial charge in [0, 0.05) is 12.1 Å². The fourth-order valence-electron chi connectivity index (χ4n) is 2.76. The van der Waals surface area contributed by atoms with Crippen molar-refractivity contribution in [1.29, 1.82) is 0 Å². The summed E-state index contributed by atoms with van der Waals surface area (Å²) in [6.07, 6.45) is 4.96. The lowest BCUT2D eigenvalue weighted by Gasteiger charge is -2.18. The van der Waals surface area contributed by atoms with Crippen molar-refractivity contribution in [2.24, 2.45) is 0 Å². The molecular formula is C16H26N2O. The first-order valence-electron chi connectivity index (χ1n) is 7.37. The highest BCUT2D eigenvalue weighted by Gasteiger charge is 2.16. The van der Waals surface area contributed by atoms with Crippen LogP contribution in [0.1, 0.15) is 31.7 Å². The summed E-state index contributed by atoms with van der Waals surface area (Å²) >= 11 is 0. The molecular weight excluding hydrogens is 236 g/mol. The summed E-state index contributed by atoms with van der Waals surface area (Å²) in [5.41, 5.74) is 1.33. The quantitative estimate of drug-likeness (QED) is 0.791. The molecule has 2 rings (SSSR count). The van der Waals surface area contributed by atoms with E-state index in [4.69, 9.17) is 4.74 Å². The number of hydrogen-bond donors (Lipinski definition) is 2. The van der Waals surface area contributed by atoms with Crippen LogP contribution in [-0.4, -0.2) is 32.3 Å². The topological polar surface area (TPSA) is 33.3 Å². The Kier molecular flexibility index (Phi) is 5.67. The zero-order valence-corrected chi connectivity index (χ0v) is 12.1. The summed E-state index contributed by atoms with van der Waals surface area (Å²) < 4.78 is 5.24. The van der Waals surface area contributed by atoms with E-state index in [1.807, 2.05) is 6.07 Å². The lowest BCUT2D eigenvalue weighted by molar-refractivity contribution is 0.414. The van der Waals surface area contributed by atoms with Crippen LogP contribution in [0.4, 0.5) is 0 Å². The zero-order chi connectivity index (χ0) is 13.5. The van der Waals surface area contributed by atoms with Crippen LogP contribution in [0.3, 0.4) is 0 Å². The minimum Gasteiger partial charge on any atom is -0.497 e. The number of rotatable bonds is 7. The van der Waals surface area contributed by atoms with Crippen molar-refractivity contribution in [3.8, 4) is 5.75 Å². The lowest BCUT2D eigenvalue weighted by atomic mass is 10.1. The summed E-state index contributed by atoms with van der Waals surface area (Å²) in [6, 6.07) is 9.63. The molecule has 0 aromatic heterocycles. The van der Waals surface area contributed by atoms with E-state index in [2.05, 4.69) is 35.8 Å². The smallest absolute Gasteiger partial charge is 0.119 e. The van der Waals surface area contributed by atoms with Gasteiger partial charge < -0.3 is 15.4 Å². The molecule has 0 spiro atoms. The third kappa shape index (κ3) is 4.84. The molecule has 1 saturated heterocycles. The average molecular weight is 262 g/mol. The second-order valence-corrected chi connectivity index (χ2v) is 5.49. The summed E-state index contributed by atoms with van der Waals surface area (Å²) in [5, 5.41) is 7.17. The molecule has 3 heteroatoms. The normalized spacial score (nSPS) is 20.4. The van der Waals surface area contributed by atoms with E-state index in [-0.39, 0.29) is 0 Å². The summed E-state index contributed by atoms with van der Waals surface area (Å²) in [5.74, 6) is 0.945. The van der Waals surface area contributed by atoms with E-state index in [1.54, 1.807) is 7.11 Å². The van der Waals surface area contributed by atoms with Crippen LogP contribution < -0.4 is 15.4 Å². The van der Waals surface area contributed by atoms with Gasteiger partial charge in [0.1, 0.15) is 5.75 Å². The van der Waals surface area contributed by atoms with Gasteiger partial charge in [-0.15, -0.1) is 0 Å². The van der Waals surface area contributed by atoms with Crippen molar-refractivity contribution in [3.05, 3.63) is 29.8 Å². The Morgan fingerprint density at radius 1 is 1.47 bits per heavy atom. The fourth-order valence-corrected chi connectivity index (χ4v) is 2.76. The Morgan fingerprint density at radius 2 is 2.37 bits per heavy atom. The zero-order valence-electron chi connectivity index (χ0n) is 12.1. The van der Waals surface area contributed by atoms with Crippen molar-refractivity contribution < 1.29 is 4.74 Å². The maximum absolute atomic E-state index is 5.24. The third-order valence-corrected chi connectivity index (χ3v) is 3.84. The minimum atomic E-state index is 0.584. The van der Waals surface area contributed by atoms with E-state index in [9.17, 15) is 0 Å². The van der Waals surface area contributed by atoms with Gasteiger partial charge in [0.25, 0.3) is 0 Å². The van der Waals surface area contributed by atoms with E-state index in [0.29, 0.717) is 6.04 Å². The second kappa shape index (κ2) is 7.51. The number of hydrogen-bond acceptors (Lipinski definition) is 3. The van der Waals surface area contributed by atoms with Gasteiger partial charge in [-0.05, 0) is 63.4 Å². The van der Waals surface area contributed by atoms with Crippen molar-refractivity contribution in [2.45, 2.75) is 44.7 Å². The van der Waals surface area contributed by atoms with Gasteiger partial charge >= 0.3 is 0 Å². The third-order valence-electron chi connectivity index (χ3n) is 3.84. The highest BCUT2D eigenvalue weighted by atomic mass is 16.5. The average Bonchev–Trinajstić information content (AvgIpc) is 2.92. The van der Waals surface area contributed by atoms with Crippen molar-refractivity contribution in [3.63, 3.8) is 0 Å². The van der Waals surface area contributed by atoms with E-state index in [1.165, 1.54) is 31.4 Å². The van der Waals surface area contributed by atoms with Crippen LogP contribution >= 0.6 is 0 Å². The minimum absolute atomic E-state index is 0.584. The van der Waals surface area contributed by atoms with E-state index < -0.39 is 0 Å². The Hall–Kier alpha value is -1.06. The van der Waals surface area contributed by atoms with Gasteiger partial charge in [0.2, 0.25) is 0 Å². The monoisotopic (exact) mass is 262 g/mol. The van der Waals surface area contributed by atoms with Gasteiger partial charge in [0.05, 0.1) is 7.11 Å². The SMILES string of the molecule is COc1cccc(CCNC(C)CC2CCCN2)c1. The molecule has 1 aromatic carbocycles. The first-order valence-corrected chi connectivity index (χ1v) is 7.37. The van der Waals surface area contributed by atoms with E-state index in [0.717, 1.165) is 24.8 Å². The molecule has 1 aliphatic rings. The van der Waals surface area contributed by atoms with Gasteiger partial charge in [0.15, 0.2) is 0 Å². The maximum Gasteiger partial charge on any atom is 0.119 e. The van der Waals surface area contributed by atoms with Gasteiger partial charge in [-0.2, -0.15) is 0 Å². The molecule has 2 N–H and O–H groups in total. The molecule has 0 aliphatic carbocycles. The molecule has 2 unspecified atom stereocenters. The second-order valence-electron chi connectivity index (χ2n) is 5.49. The lowest BCUT2D eigenvalue weighted by Crippen LogP contribution is -2.34. The predicted octanol–water partition coefficient (Wildman–Crippen LogP) is 2.36. The molecule has 2 atom stereocenters. The standard InChI is InChI=1S/C16H26N2O/c1-13(11-15-6-4-9-18-15)17-10-8-14-5-3-7-16(12-14)19-2/h3,5,7,12-13,15,17-18H,4,6,8-11H2,1-2H3. The van der Waals surface area contributed by atoms with Crippen LogP contribution in [0.5, 0.6) is 5.75 Å². The molecule has 19 heavy (non-hydrogen) atoms. The fraction of sp³-hybridized carbons (Fsp3) is 0.625. The predicted molar refractivity (Wildman–Crippen MR) is 79.8 cm³/mol. The molecule has 1 fully saturated rings. The molecule has 0 radical (unpaired) electrons. The van der Waals surface area contributed by atoms with Gasteiger partial charge in [-0.25, -0.2) is 0 Å². The Bertz CT molecular complexity index is 375. The molecule has 0 amide bonds. The largest absolute Gasteiger partial charge is 0.497 e. The number of benzene rings is 1. The van der Waals surface area contributed by atoms with Crippen molar-refractivity contribution in [1.82, 2.24) is 10.6 Å². The Labute approximate surface area is 116 Å². The Balaban J connectivity index is 1.67. The maximum atomic E-state index is 5.24. The molecule has 106 valence electrons. The Morgan fingerprint density at radius 3 is 3.11 bits per heavy atom. The van der Waals surface area contributed by atoms with Crippen LogP contribution in [0, 0.1) is 0 Å². The van der Waals surface area contributed by atoms with Crippen molar-refractivity contribution >= 4 is 0 Å². The van der Waals surface area contributed by atoms with Crippen molar-refractivity contribution in [2.75, 3.05) is 20.2 Å². The summed E-state index contributed by atoms with van der Waals surface area (Å²) in [4.78, 5) is 0. The first kappa shape index (κ1) is 14.4. The molecule has 0 saturated carbocycles. The first-order chi connectivity index (χ1) is 9.28. The molecule has 1 aliphatic heterocycles. The van der Waals surface area contributed by atoms with Crippen LogP contribution in [0.25, 0.3) is 0 Å². The van der Waals surface area contributed by atoms with Gasteiger partial charge in [-0.3, -0.25) is 0 Å². The van der Waals surface area contributed by atoms with E-state index >= 15 is 0 Å². The molecule has 0 bridgehead atoms. The van der Waals surface area contributed by atoms with Gasteiger partial charge in [-0.1, -0.05) is 12.1 Å². The molecule has 1 aromatic rings. The number of ether oxygens (including phenoxy) is 1. The van der Waals surface area contributed by atoms with Crippen LogP contribution in [-0.2, 0) is 6.42 Å².